The van der Waals surface area contributed by atoms with Gasteiger partial charge in [0.05, 0.1) is 6.04 Å². The van der Waals surface area contributed by atoms with Crippen molar-refractivity contribution in [3.8, 4) is 0 Å². The van der Waals surface area contributed by atoms with Gasteiger partial charge in [-0.15, -0.1) is 0 Å². The van der Waals surface area contributed by atoms with E-state index in [9.17, 15) is 4.79 Å². The van der Waals surface area contributed by atoms with Crippen molar-refractivity contribution >= 4 is 5.91 Å². The van der Waals surface area contributed by atoms with Crippen LogP contribution in [0, 0.1) is 0 Å². The van der Waals surface area contributed by atoms with E-state index in [2.05, 4.69) is 29.4 Å². The lowest BCUT2D eigenvalue weighted by atomic mass is 10.1. The maximum absolute atomic E-state index is 12.4. The topological polar surface area (TPSA) is 44.4 Å². The molecule has 1 saturated carbocycles. The largest absolute Gasteiger partial charge is 0.339 e. The van der Waals surface area contributed by atoms with Gasteiger partial charge < -0.3 is 15.5 Å². The molecule has 1 aliphatic heterocycles. The minimum absolute atomic E-state index is 0.0215. The summed E-state index contributed by atoms with van der Waals surface area (Å²) in [5.74, 6) is 0.291. The Morgan fingerprint density at radius 1 is 1.24 bits per heavy atom. The Balaban J connectivity index is 1.92. The molecule has 0 aromatic carbocycles. The first-order chi connectivity index (χ1) is 8.22. The van der Waals surface area contributed by atoms with Gasteiger partial charge >= 0.3 is 0 Å². The second-order valence-corrected chi connectivity index (χ2v) is 5.33. The lowest BCUT2D eigenvalue weighted by Crippen LogP contribution is -2.60. The van der Waals surface area contributed by atoms with Crippen molar-refractivity contribution in [2.75, 3.05) is 19.6 Å². The van der Waals surface area contributed by atoms with Crippen molar-refractivity contribution in [3.05, 3.63) is 0 Å². The van der Waals surface area contributed by atoms with Crippen LogP contribution in [0.4, 0.5) is 0 Å². The fraction of sp³-hybridized carbons (Fsp3) is 0.923. The second-order valence-electron chi connectivity index (χ2n) is 5.33. The monoisotopic (exact) mass is 239 g/mol. The van der Waals surface area contributed by atoms with Crippen LogP contribution in [0.5, 0.6) is 0 Å². The van der Waals surface area contributed by atoms with Crippen molar-refractivity contribution in [1.82, 2.24) is 15.5 Å². The molecule has 0 aromatic heterocycles. The first-order valence-electron chi connectivity index (χ1n) is 6.99. The fourth-order valence-electron chi connectivity index (χ4n) is 2.97. The fourth-order valence-corrected chi connectivity index (χ4v) is 2.97. The number of hydrogen-bond donors (Lipinski definition) is 2. The molecule has 4 nitrogen and oxygen atoms in total. The van der Waals surface area contributed by atoms with Gasteiger partial charge in [-0.1, -0.05) is 12.8 Å². The van der Waals surface area contributed by atoms with E-state index in [4.69, 9.17) is 0 Å². The third-order valence-electron chi connectivity index (χ3n) is 4.03. The lowest BCUT2D eigenvalue weighted by Gasteiger charge is -2.35. The first kappa shape index (κ1) is 12.8. The van der Waals surface area contributed by atoms with Crippen molar-refractivity contribution in [3.63, 3.8) is 0 Å². The number of nitrogens with zero attached hydrogens (tertiary/aromatic N) is 1. The highest BCUT2D eigenvalue weighted by Gasteiger charge is 2.31. The van der Waals surface area contributed by atoms with Gasteiger partial charge in [-0.25, -0.2) is 0 Å². The average Bonchev–Trinajstić information content (AvgIpc) is 2.84. The minimum Gasteiger partial charge on any atom is -0.339 e. The molecular weight excluding hydrogens is 214 g/mol. The Labute approximate surface area is 104 Å². The molecule has 2 atom stereocenters. The molecule has 0 spiro atoms. The van der Waals surface area contributed by atoms with Crippen molar-refractivity contribution < 1.29 is 4.79 Å². The predicted molar refractivity (Wildman–Crippen MR) is 68.9 cm³/mol. The summed E-state index contributed by atoms with van der Waals surface area (Å²) < 4.78 is 0. The number of nitrogens with one attached hydrogen (secondary N) is 2. The molecule has 17 heavy (non-hydrogen) atoms. The molecule has 2 unspecified atom stereocenters. The standard InChI is InChI=1S/C13H25N3O/c1-3-16(11-6-4-5-7-11)13(17)12-9-14-10(2)8-15-12/h10-12,14-15H,3-9H2,1-2H3. The summed E-state index contributed by atoms with van der Waals surface area (Å²) in [6.07, 6.45) is 4.94. The van der Waals surface area contributed by atoms with Crippen molar-refractivity contribution in [1.29, 1.82) is 0 Å². The molecule has 98 valence electrons. The molecule has 2 N–H and O–H groups in total. The van der Waals surface area contributed by atoms with E-state index in [0.29, 0.717) is 18.0 Å². The molecule has 1 amide bonds. The quantitative estimate of drug-likeness (QED) is 0.763. The van der Waals surface area contributed by atoms with Crippen molar-refractivity contribution in [2.24, 2.45) is 0 Å². The molecule has 0 bridgehead atoms. The zero-order chi connectivity index (χ0) is 12.3. The molecule has 2 fully saturated rings. The summed E-state index contributed by atoms with van der Waals surface area (Å²) in [6, 6.07) is 0.945. The van der Waals surface area contributed by atoms with E-state index in [1.807, 2.05) is 0 Å². The van der Waals surface area contributed by atoms with Gasteiger partial charge in [0, 0.05) is 31.7 Å². The Bertz CT molecular complexity index is 255. The summed E-state index contributed by atoms with van der Waals surface area (Å²) in [7, 11) is 0. The van der Waals surface area contributed by atoms with Crippen LogP contribution in [0.15, 0.2) is 0 Å². The van der Waals surface area contributed by atoms with Gasteiger partial charge in [0.15, 0.2) is 0 Å². The van der Waals surface area contributed by atoms with Gasteiger partial charge in [-0.05, 0) is 26.7 Å². The van der Waals surface area contributed by atoms with Crippen LogP contribution in [0.2, 0.25) is 0 Å². The second kappa shape index (κ2) is 5.83. The van der Waals surface area contributed by atoms with Gasteiger partial charge in [0.2, 0.25) is 5.91 Å². The Kier molecular flexibility index (Phi) is 4.40. The first-order valence-corrected chi connectivity index (χ1v) is 6.99. The van der Waals surface area contributed by atoms with E-state index in [-0.39, 0.29) is 6.04 Å². The van der Waals surface area contributed by atoms with Crippen LogP contribution in [0.3, 0.4) is 0 Å². The number of amides is 1. The molecule has 2 aliphatic rings. The van der Waals surface area contributed by atoms with E-state index in [1.165, 1.54) is 25.7 Å². The van der Waals surface area contributed by atoms with E-state index < -0.39 is 0 Å². The van der Waals surface area contributed by atoms with Crippen molar-refractivity contribution in [2.45, 2.75) is 57.7 Å². The molecule has 2 rings (SSSR count). The molecule has 0 radical (unpaired) electrons. The predicted octanol–water partition coefficient (Wildman–Crippen LogP) is 0.727. The normalized spacial score (nSPS) is 30.5. The lowest BCUT2D eigenvalue weighted by molar-refractivity contribution is -0.135. The number of hydrogen-bond acceptors (Lipinski definition) is 3. The molecule has 1 aliphatic carbocycles. The maximum Gasteiger partial charge on any atom is 0.241 e. The highest BCUT2D eigenvalue weighted by Crippen LogP contribution is 2.23. The molecule has 0 aromatic rings. The third kappa shape index (κ3) is 2.99. The van der Waals surface area contributed by atoms with E-state index >= 15 is 0 Å². The van der Waals surface area contributed by atoms with E-state index in [1.54, 1.807) is 0 Å². The summed E-state index contributed by atoms with van der Waals surface area (Å²) in [6.45, 7) is 6.73. The summed E-state index contributed by atoms with van der Waals surface area (Å²) in [5.41, 5.74) is 0. The SMILES string of the molecule is CCN(C(=O)C1CNC(C)CN1)C1CCCC1. The third-order valence-corrected chi connectivity index (χ3v) is 4.03. The van der Waals surface area contributed by atoms with Gasteiger partial charge in [-0.3, -0.25) is 4.79 Å². The van der Waals surface area contributed by atoms with Crippen LogP contribution in [0.1, 0.15) is 39.5 Å². The molecular formula is C13H25N3O. The van der Waals surface area contributed by atoms with Gasteiger partial charge in [0.1, 0.15) is 0 Å². The summed E-state index contributed by atoms with van der Waals surface area (Å²) in [5, 5.41) is 6.73. The van der Waals surface area contributed by atoms with Crippen LogP contribution in [-0.4, -0.2) is 48.6 Å². The van der Waals surface area contributed by atoms with Crippen LogP contribution < -0.4 is 10.6 Å². The number of carbonyl (C=O) groups excluding carboxylic acids is 1. The minimum atomic E-state index is -0.0215. The zero-order valence-electron chi connectivity index (χ0n) is 11.0. The van der Waals surface area contributed by atoms with Crippen LogP contribution in [-0.2, 0) is 4.79 Å². The van der Waals surface area contributed by atoms with Gasteiger partial charge in [0.25, 0.3) is 0 Å². The average molecular weight is 239 g/mol. The Morgan fingerprint density at radius 3 is 2.47 bits per heavy atom. The number of likely N-dealkylation sites (N-methyl/N-ethyl adjacent to an activating group) is 1. The van der Waals surface area contributed by atoms with Crippen LogP contribution >= 0.6 is 0 Å². The smallest absolute Gasteiger partial charge is 0.241 e. The molecule has 1 saturated heterocycles. The van der Waals surface area contributed by atoms with Gasteiger partial charge in [-0.2, -0.15) is 0 Å². The Hall–Kier alpha value is -0.610. The zero-order valence-corrected chi connectivity index (χ0v) is 11.0. The maximum atomic E-state index is 12.4. The summed E-state index contributed by atoms with van der Waals surface area (Å²) >= 11 is 0. The highest BCUT2D eigenvalue weighted by molar-refractivity contribution is 5.82. The number of piperazine rings is 1. The van der Waals surface area contributed by atoms with Crippen LogP contribution in [0.25, 0.3) is 0 Å². The summed E-state index contributed by atoms with van der Waals surface area (Å²) in [4.78, 5) is 14.5. The number of rotatable bonds is 3. The molecule has 4 heteroatoms. The Morgan fingerprint density at radius 2 is 1.94 bits per heavy atom. The van der Waals surface area contributed by atoms with E-state index in [0.717, 1.165) is 19.6 Å². The number of carbonyl (C=O) groups is 1. The molecule has 1 heterocycles. The highest BCUT2D eigenvalue weighted by atomic mass is 16.2.